The minimum Gasteiger partial charge on any atom is -0.326 e. The lowest BCUT2D eigenvalue weighted by Gasteiger charge is -2.09. The first kappa shape index (κ1) is 23.1. The van der Waals surface area contributed by atoms with E-state index in [2.05, 4.69) is 20.8 Å². The van der Waals surface area contributed by atoms with Gasteiger partial charge in [-0.25, -0.2) is 0 Å². The first-order chi connectivity index (χ1) is 14.9. The SMILES string of the molecule is CCn1c(CC(=O)Nc2ccc(Cl)c(Cl)c2)nnc1SCC(=O)Nc1cccc(C)c1. The third-order valence-electron chi connectivity index (χ3n) is 4.27. The number of rotatable bonds is 8. The van der Waals surface area contributed by atoms with Crippen molar-refractivity contribution in [1.82, 2.24) is 14.8 Å². The average molecular weight is 478 g/mol. The molecular weight excluding hydrogens is 457 g/mol. The van der Waals surface area contributed by atoms with E-state index in [-0.39, 0.29) is 24.0 Å². The fraction of sp³-hybridized carbons (Fsp3) is 0.238. The van der Waals surface area contributed by atoms with Crippen LogP contribution in [0.3, 0.4) is 0 Å². The van der Waals surface area contributed by atoms with E-state index in [1.807, 2.05) is 42.7 Å². The van der Waals surface area contributed by atoms with Crippen molar-refractivity contribution in [2.75, 3.05) is 16.4 Å². The maximum absolute atomic E-state index is 12.4. The largest absolute Gasteiger partial charge is 0.326 e. The lowest BCUT2D eigenvalue weighted by Crippen LogP contribution is -2.18. The van der Waals surface area contributed by atoms with E-state index in [9.17, 15) is 9.59 Å². The van der Waals surface area contributed by atoms with Crippen molar-refractivity contribution in [3.63, 3.8) is 0 Å². The summed E-state index contributed by atoms with van der Waals surface area (Å²) < 4.78 is 1.82. The van der Waals surface area contributed by atoms with Crippen LogP contribution in [0.4, 0.5) is 11.4 Å². The van der Waals surface area contributed by atoms with Gasteiger partial charge in [0.25, 0.3) is 0 Å². The third kappa shape index (κ3) is 6.46. The van der Waals surface area contributed by atoms with Gasteiger partial charge in [0, 0.05) is 17.9 Å². The van der Waals surface area contributed by atoms with Crippen LogP contribution in [0, 0.1) is 6.92 Å². The summed E-state index contributed by atoms with van der Waals surface area (Å²) in [6, 6.07) is 12.5. The van der Waals surface area contributed by atoms with Crippen LogP contribution >= 0.6 is 35.0 Å². The number of hydrogen-bond acceptors (Lipinski definition) is 5. The highest BCUT2D eigenvalue weighted by atomic mass is 35.5. The second-order valence-electron chi connectivity index (χ2n) is 6.70. The van der Waals surface area contributed by atoms with E-state index < -0.39 is 0 Å². The van der Waals surface area contributed by atoms with E-state index in [4.69, 9.17) is 23.2 Å². The molecule has 0 saturated heterocycles. The summed E-state index contributed by atoms with van der Waals surface area (Å²) in [6.45, 7) is 4.47. The van der Waals surface area contributed by atoms with Crippen molar-refractivity contribution in [2.24, 2.45) is 0 Å². The Bertz CT molecular complexity index is 1100. The third-order valence-corrected chi connectivity index (χ3v) is 5.97. The van der Waals surface area contributed by atoms with E-state index >= 15 is 0 Å². The molecule has 0 unspecified atom stereocenters. The van der Waals surface area contributed by atoms with Gasteiger partial charge < -0.3 is 15.2 Å². The van der Waals surface area contributed by atoms with E-state index in [0.717, 1.165) is 11.3 Å². The minimum atomic E-state index is -0.255. The zero-order chi connectivity index (χ0) is 22.4. The normalized spacial score (nSPS) is 10.7. The Morgan fingerprint density at radius 3 is 2.45 bits per heavy atom. The summed E-state index contributed by atoms with van der Waals surface area (Å²) in [7, 11) is 0. The fourth-order valence-corrected chi connectivity index (χ4v) is 3.97. The number of aryl methyl sites for hydroxylation is 1. The molecule has 3 rings (SSSR count). The predicted octanol–water partition coefficient (Wildman–Crippen LogP) is 4.83. The molecule has 162 valence electrons. The highest BCUT2D eigenvalue weighted by Crippen LogP contribution is 2.25. The Kier molecular flexibility index (Phi) is 7.95. The van der Waals surface area contributed by atoms with Crippen LogP contribution in [-0.2, 0) is 22.6 Å². The molecule has 0 radical (unpaired) electrons. The molecule has 0 aliphatic rings. The second kappa shape index (κ2) is 10.7. The lowest BCUT2D eigenvalue weighted by molar-refractivity contribution is -0.116. The fourth-order valence-electron chi connectivity index (χ4n) is 2.85. The van der Waals surface area contributed by atoms with Crippen LogP contribution in [0.1, 0.15) is 18.3 Å². The number of carbonyl (C=O) groups excluding carboxylic acids is 2. The number of aromatic nitrogens is 3. The number of carbonyl (C=O) groups is 2. The maximum Gasteiger partial charge on any atom is 0.234 e. The summed E-state index contributed by atoms with van der Waals surface area (Å²) in [5.41, 5.74) is 2.37. The van der Waals surface area contributed by atoms with Crippen molar-refractivity contribution in [1.29, 1.82) is 0 Å². The number of hydrogen-bond donors (Lipinski definition) is 2. The van der Waals surface area contributed by atoms with Crippen molar-refractivity contribution < 1.29 is 9.59 Å². The van der Waals surface area contributed by atoms with Gasteiger partial charge in [0.15, 0.2) is 5.16 Å². The molecule has 1 heterocycles. The summed E-state index contributed by atoms with van der Waals surface area (Å²) in [5.74, 6) is 0.303. The monoisotopic (exact) mass is 477 g/mol. The van der Waals surface area contributed by atoms with Gasteiger partial charge in [-0.2, -0.15) is 0 Å². The van der Waals surface area contributed by atoms with Gasteiger partial charge in [-0.05, 0) is 49.7 Å². The van der Waals surface area contributed by atoms with Gasteiger partial charge in [0.1, 0.15) is 5.82 Å². The molecule has 0 fully saturated rings. The highest BCUT2D eigenvalue weighted by molar-refractivity contribution is 7.99. The summed E-state index contributed by atoms with van der Waals surface area (Å²) >= 11 is 13.2. The first-order valence-corrected chi connectivity index (χ1v) is 11.3. The quantitative estimate of drug-likeness (QED) is 0.453. The summed E-state index contributed by atoms with van der Waals surface area (Å²) in [6.07, 6.45) is 0.0388. The topological polar surface area (TPSA) is 88.9 Å². The number of thioether (sulfide) groups is 1. The van der Waals surface area contributed by atoms with Crippen molar-refractivity contribution >= 4 is 58.2 Å². The predicted molar refractivity (Wildman–Crippen MR) is 125 cm³/mol. The van der Waals surface area contributed by atoms with Gasteiger partial charge in [0.2, 0.25) is 11.8 Å². The van der Waals surface area contributed by atoms with Gasteiger partial charge in [-0.15, -0.1) is 10.2 Å². The molecule has 0 aliphatic carbocycles. The van der Waals surface area contributed by atoms with Crippen LogP contribution in [0.15, 0.2) is 47.6 Å². The van der Waals surface area contributed by atoms with Crippen molar-refractivity contribution in [2.45, 2.75) is 32.0 Å². The van der Waals surface area contributed by atoms with Gasteiger partial charge >= 0.3 is 0 Å². The molecule has 10 heteroatoms. The van der Waals surface area contributed by atoms with Crippen LogP contribution in [0.25, 0.3) is 0 Å². The van der Waals surface area contributed by atoms with Crippen LogP contribution in [-0.4, -0.2) is 32.3 Å². The molecule has 7 nitrogen and oxygen atoms in total. The van der Waals surface area contributed by atoms with Crippen molar-refractivity contribution in [3.05, 3.63) is 63.9 Å². The van der Waals surface area contributed by atoms with Gasteiger partial charge in [0.05, 0.1) is 22.2 Å². The van der Waals surface area contributed by atoms with Crippen molar-refractivity contribution in [3.8, 4) is 0 Å². The average Bonchev–Trinajstić information content (AvgIpc) is 3.10. The highest BCUT2D eigenvalue weighted by Gasteiger charge is 2.16. The number of nitrogens with zero attached hydrogens (tertiary/aromatic N) is 3. The number of benzene rings is 2. The standard InChI is InChI=1S/C21H21Cl2N5O2S/c1-3-28-18(11-19(29)24-15-7-8-16(22)17(23)10-15)26-27-21(28)31-12-20(30)25-14-6-4-5-13(2)9-14/h4-10H,3,11-12H2,1-2H3,(H,24,29)(H,25,30). The minimum absolute atomic E-state index is 0.0388. The van der Waals surface area contributed by atoms with Gasteiger partial charge in [-0.1, -0.05) is 47.1 Å². The summed E-state index contributed by atoms with van der Waals surface area (Å²) in [4.78, 5) is 24.7. The first-order valence-electron chi connectivity index (χ1n) is 9.52. The molecule has 2 aromatic carbocycles. The Morgan fingerprint density at radius 2 is 1.74 bits per heavy atom. The molecule has 2 amide bonds. The van der Waals surface area contributed by atoms with Gasteiger partial charge in [-0.3, -0.25) is 9.59 Å². The molecular formula is C21H21Cl2N5O2S. The molecule has 0 aliphatic heterocycles. The van der Waals surface area contributed by atoms with Crippen LogP contribution in [0.2, 0.25) is 10.0 Å². The van der Waals surface area contributed by atoms with E-state index in [1.54, 1.807) is 18.2 Å². The molecule has 2 N–H and O–H groups in total. The molecule has 0 saturated carbocycles. The molecule has 0 atom stereocenters. The Balaban J connectivity index is 1.58. The van der Waals surface area contributed by atoms with Crippen LogP contribution < -0.4 is 10.6 Å². The summed E-state index contributed by atoms with van der Waals surface area (Å²) in [5, 5.41) is 15.3. The van der Waals surface area contributed by atoms with E-state index in [1.165, 1.54) is 11.8 Å². The maximum atomic E-state index is 12.4. The number of anilines is 2. The van der Waals surface area contributed by atoms with E-state index in [0.29, 0.717) is 33.3 Å². The van der Waals surface area contributed by atoms with Crippen LogP contribution in [0.5, 0.6) is 0 Å². The molecule has 0 bridgehead atoms. The molecule has 31 heavy (non-hydrogen) atoms. The number of nitrogens with one attached hydrogen (secondary N) is 2. The molecule has 3 aromatic rings. The molecule has 0 spiro atoms. The Morgan fingerprint density at radius 1 is 1.00 bits per heavy atom. The lowest BCUT2D eigenvalue weighted by atomic mass is 10.2. The zero-order valence-corrected chi connectivity index (χ0v) is 19.3. The Labute approximate surface area is 194 Å². The zero-order valence-electron chi connectivity index (χ0n) is 17.0. The number of halogens is 2. The molecule has 1 aromatic heterocycles. The second-order valence-corrected chi connectivity index (χ2v) is 8.46. The Hall–Kier alpha value is -2.55. The smallest absolute Gasteiger partial charge is 0.234 e. The number of amides is 2.